The Morgan fingerprint density at radius 1 is 0.559 bits per heavy atom. The van der Waals surface area contributed by atoms with Gasteiger partial charge in [0.2, 0.25) is 94.5 Å². The van der Waals surface area contributed by atoms with Crippen LogP contribution in [0.4, 0.5) is 0 Å². The molecule has 0 spiro atoms. The Labute approximate surface area is 682 Å². The number of thiol groups is 1. The lowest BCUT2D eigenvalue weighted by Gasteiger charge is -2.30. The van der Waals surface area contributed by atoms with Crippen LogP contribution in [0.1, 0.15) is 130 Å². The third-order valence-corrected chi connectivity index (χ3v) is 18.9. The number of nitrogens with one attached hydrogen (secondary N) is 14. The highest BCUT2D eigenvalue weighted by Gasteiger charge is 2.40. The van der Waals surface area contributed by atoms with E-state index in [1.54, 1.807) is 58.2 Å². The molecule has 1 aromatic heterocycles. The van der Waals surface area contributed by atoms with Crippen LogP contribution in [0.2, 0.25) is 0 Å². The number of carbonyl (C=O) groups is 19. The number of aliphatic hydroxyl groups excluding tert-OH is 2. The molecule has 118 heavy (non-hydrogen) atoms. The molecule has 0 unspecified atom stereocenters. The number of unbranched alkanes of at least 4 members (excludes halogenated alkanes) is 1. The summed E-state index contributed by atoms with van der Waals surface area (Å²) in [4.78, 5) is 262. The normalized spacial score (nSPS) is 16.0. The number of carboxylic acids is 3. The van der Waals surface area contributed by atoms with Crippen LogP contribution in [0.3, 0.4) is 0 Å². The molecule has 0 aliphatic carbocycles. The molecule has 0 saturated carbocycles. The third kappa shape index (κ3) is 34.5. The Balaban J connectivity index is 1.85. The number of fused-ring (bicyclic) bond motifs is 1. The van der Waals surface area contributed by atoms with Crippen molar-refractivity contribution in [1.82, 2.24) is 79.0 Å². The molecule has 0 radical (unpaired) electrons. The number of likely N-dealkylation sites (tertiary alicyclic amines) is 1. The van der Waals surface area contributed by atoms with Gasteiger partial charge in [-0.15, -0.1) is 0 Å². The fraction of sp³-hybridized carbons (Fsp3) is 0.606. The number of benzene rings is 1. The van der Waals surface area contributed by atoms with Gasteiger partial charge >= 0.3 is 17.9 Å². The fourth-order valence-corrected chi connectivity index (χ4v) is 12.3. The monoisotopic (exact) mass is 1690 g/mol. The average molecular weight is 1690 g/mol. The van der Waals surface area contributed by atoms with Gasteiger partial charge < -0.3 is 139 Å². The summed E-state index contributed by atoms with van der Waals surface area (Å²) in [6, 6.07) is -15.3. The second-order valence-electron chi connectivity index (χ2n) is 28.5. The average Bonchev–Trinajstić information content (AvgIpc) is 1.01. The van der Waals surface area contributed by atoms with Crippen molar-refractivity contribution >= 4 is 142 Å². The van der Waals surface area contributed by atoms with Crippen molar-refractivity contribution < 1.29 is 117 Å². The molecule has 46 nitrogen and oxygen atoms in total. The Morgan fingerprint density at radius 2 is 1.04 bits per heavy atom. The molecule has 3 rings (SSSR count). The Morgan fingerprint density at radius 3 is 1.58 bits per heavy atom. The molecule has 2 aromatic rings. The van der Waals surface area contributed by atoms with Crippen LogP contribution >= 0.6 is 12.6 Å². The number of aliphatic imine (C=N–C) groups is 1. The van der Waals surface area contributed by atoms with Gasteiger partial charge in [0.15, 0.2) is 5.96 Å². The van der Waals surface area contributed by atoms with Crippen molar-refractivity contribution in [2.45, 2.75) is 216 Å². The van der Waals surface area contributed by atoms with Crippen molar-refractivity contribution in [3.8, 4) is 0 Å². The van der Waals surface area contributed by atoms with Crippen molar-refractivity contribution in [2.75, 3.05) is 45.1 Å². The van der Waals surface area contributed by atoms with Gasteiger partial charge in [0.1, 0.15) is 72.5 Å². The number of aliphatic hydroxyl groups is 2. The van der Waals surface area contributed by atoms with Crippen molar-refractivity contribution in [3.63, 3.8) is 0 Å². The first-order valence-corrected chi connectivity index (χ1v) is 38.6. The number of carboxylic acid groups (broad SMARTS) is 3. The predicted octanol–water partition coefficient (Wildman–Crippen LogP) is -9.65. The number of carbonyl (C=O) groups excluding carboxylic acids is 16. The summed E-state index contributed by atoms with van der Waals surface area (Å²) in [6.45, 7) is 5.20. The number of aromatic amines is 1. The maximum absolute atomic E-state index is 14.9. The SMILES string of the molecule is CC[C@H](C)[C@H](NC(=O)[C@H](Cc1c[nH]c2ccccc12)NC(=O)[C@@H](NC(=O)CNC(=O)[C@H](CS)NC(=O)[C@H](CC(=O)O)NC(=O)[C@H](CO)NC(=O)[C@H](CC(=O)O)NC(=O)[C@H](CC(N)=O)NC(=O)[C@H](CCC(N)=O)NC(=O)[C@@H](N)CC(C)C)[C@@H](C)O)C(=O)N[C@@H](CCCN=C(N)N)C(=O)N[C@@H](CCCCN)C(=O)NCC(=O)N1CCC[C@H]1C(=O)O. The molecular formula is C71H112N22O24S. The quantitative estimate of drug-likeness (QED) is 0.0127. The Kier molecular flexibility index (Phi) is 43.0. The van der Waals surface area contributed by atoms with Gasteiger partial charge in [-0.25, -0.2) is 4.79 Å². The van der Waals surface area contributed by atoms with E-state index in [1.165, 1.54) is 0 Å². The van der Waals surface area contributed by atoms with Gasteiger partial charge in [0.05, 0.1) is 51.1 Å². The number of rotatable bonds is 54. The Hall–Kier alpha value is -11.8. The van der Waals surface area contributed by atoms with Gasteiger partial charge in [0, 0.05) is 48.8 Å². The molecule has 15 atom stereocenters. The van der Waals surface area contributed by atoms with Crippen LogP contribution in [-0.4, -0.2) is 284 Å². The molecule has 47 heteroatoms. The maximum atomic E-state index is 14.9. The van der Waals surface area contributed by atoms with Gasteiger partial charge in [-0.1, -0.05) is 52.3 Å². The number of aliphatic carboxylic acids is 3. The van der Waals surface area contributed by atoms with Crippen molar-refractivity contribution in [3.05, 3.63) is 36.0 Å². The first-order valence-electron chi connectivity index (χ1n) is 37.9. The molecule has 31 N–H and O–H groups in total. The summed E-state index contributed by atoms with van der Waals surface area (Å²) >= 11 is 4.07. The summed E-state index contributed by atoms with van der Waals surface area (Å²) in [5.41, 5.74) is 34.4. The molecule has 1 aromatic carbocycles. The Bertz CT molecular complexity index is 3920. The number of H-pyrrole nitrogens is 1. The minimum absolute atomic E-state index is 0.00646. The summed E-state index contributed by atoms with van der Waals surface area (Å²) < 4.78 is 0. The van der Waals surface area contributed by atoms with E-state index >= 15 is 0 Å². The molecule has 0 bridgehead atoms. The summed E-state index contributed by atoms with van der Waals surface area (Å²) in [6.07, 6.45) is -3.41. The maximum Gasteiger partial charge on any atom is 0.326 e. The van der Waals surface area contributed by atoms with E-state index in [-0.39, 0.29) is 76.5 Å². The van der Waals surface area contributed by atoms with Crippen LogP contribution in [0.5, 0.6) is 0 Å². The van der Waals surface area contributed by atoms with Gasteiger partial charge in [0.25, 0.3) is 0 Å². The minimum atomic E-state index is -2.22. The van der Waals surface area contributed by atoms with Gasteiger partial charge in [-0.2, -0.15) is 12.6 Å². The highest BCUT2D eigenvalue weighted by atomic mass is 32.1. The van der Waals surface area contributed by atoms with E-state index in [9.17, 15) is 117 Å². The van der Waals surface area contributed by atoms with Crippen molar-refractivity contribution in [2.24, 2.45) is 51.2 Å². The molecule has 656 valence electrons. The number of primary amides is 2. The zero-order chi connectivity index (χ0) is 88.8. The number of nitrogens with two attached hydrogens (primary N) is 6. The fourth-order valence-electron chi connectivity index (χ4n) is 12.0. The second kappa shape index (κ2) is 50.6. The van der Waals surface area contributed by atoms with E-state index in [1.807, 2.05) is 16.0 Å². The summed E-state index contributed by atoms with van der Waals surface area (Å²) in [5.74, 6) is -24.5. The van der Waals surface area contributed by atoms with Crippen LogP contribution in [0.25, 0.3) is 10.9 Å². The lowest BCUT2D eigenvalue weighted by atomic mass is 9.96. The number of para-hydroxylation sites is 1. The smallest absolute Gasteiger partial charge is 0.326 e. The number of hydrogen-bond acceptors (Lipinski definition) is 25. The van der Waals surface area contributed by atoms with E-state index in [0.717, 1.165) is 11.8 Å². The van der Waals surface area contributed by atoms with Crippen LogP contribution in [-0.2, 0) is 97.5 Å². The van der Waals surface area contributed by atoms with Crippen molar-refractivity contribution in [1.29, 1.82) is 0 Å². The van der Waals surface area contributed by atoms with Gasteiger partial charge in [-0.3, -0.25) is 91.3 Å². The number of aromatic nitrogens is 1. The third-order valence-electron chi connectivity index (χ3n) is 18.5. The summed E-state index contributed by atoms with van der Waals surface area (Å²) in [5, 5.41) is 80.8. The molecule has 16 amide bonds. The molecule has 1 saturated heterocycles. The number of amides is 16. The largest absolute Gasteiger partial charge is 0.481 e. The topological polar surface area (TPSA) is 769 Å². The predicted molar refractivity (Wildman–Crippen MR) is 421 cm³/mol. The second-order valence-corrected chi connectivity index (χ2v) is 28.9. The number of hydrogen-bond donors (Lipinski definition) is 26. The minimum Gasteiger partial charge on any atom is -0.481 e. The summed E-state index contributed by atoms with van der Waals surface area (Å²) in [7, 11) is 0. The molecule has 2 heterocycles. The lowest BCUT2D eigenvalue weighted by Crippen LogP contribution is -2.62. The van der Waals surface area contributed by atoms with E-state index in [4.69, 9.17) is 34.4 Å². The number of guanidine groups is 1. The molecular weight excluding hydrogens is 1580 g/mol. The van der Waals surface area contributed by atoms with Crippen LogP contribution in [0, 0.1) is 11.8 Å². The molecule has 1 fully saturated rings. The van der Waals surface area contributed by atoms with Gasteiger partial charge in [-0.05, 0) is 94.7 Å². The van der Waals surface area contributed by atoms with E-state index in [0.29, 0.717) is 35.7 Å². The standard InChI is InChI=1S/C71H112N22O24S/c1-6-34(4)56(68(114)84-41(16-11-21-78-71(76)77)61(107)83-40(15-9-10-20-72)59(105)81-30-53(99)93-22-12-17-49(93)70(116)117)92-66(112)43(24-36-28-79-39-14-8-7-13-37(36)39)88-69(115)57(35(5)95)91-52(98)29-80-60(106)48(32-118)90-65(111)46(27-55(102)103)87-67(113)47(31-94)89-64(110)45(26-54(100)101)86-63(109)44(25-51(75)97)85-62(108)42(18-19-50(74)96)82-58(104)38(73)23-33(2)3/h7-8,13-14,28,33-35,38,40-49,56-57,79,94-95,118H,6,9-12,15-27,29-32,72-73H2,1-5H3,(H2,74,96)(H2,75,97)(H,80,106)(H,81,105)(H,82,104)(H,83,107)(H,84,114)(H,85,108)(H,86,109)(H,87,113)(H,88,115)(H,89,110)(H,90,111)(H,91,98)(H,92,112)(H,100,101)(H,102,103)(H,116,117)(H4,76,77,78)/t34-,35+,38-,40-,41-,42-,43-,44-,45-,46-,47-,48-,49-,56-,57-/m0/s1. The van der Waals surface area contributed by atoms with E-state index < -0.39 is 261 Å². The zero-order valence-corrected chi connectivity index (χ0v) is 66.9. The first kappa shape index (κ1) is 100. The molecule has 1 aliphatic heterocycles. The highest BCUT2D eigenvalue weighted by Crippen LogP contribution is 2.22. The number of nitrogens with zero attached hydrogens (tertiary/aromatic N) is 2. The van der Waals surface area contributed by atoms with E-state index in [2.05, 4.69) is 75.8 Å². The highest BCUT2D eigenvalue weighted by molar-refractivity contribution is 7.80. The van der Waals surface area contributed by atoms with Crippen LogP contribution in [0.15, 0.2) is 35.5 Å². The molecule has 1 aliphatic rings. The lowest BCUT2D eigenvalue weighted by molar-refractivity contribution is -0.148. The first-order chi connectivity index (χ1) is 55.5. The zero-order valence-electron chi connectivity index (χ0n) is 66.0. The van der Waals surface area contributed by atoms with Crippen LogP contribution < -0.4 is 104 Å².